The number of thiol groups is 1. The highest BCUT2D eigenvalue weighted by atomic mass is 32.1. The standard InChI is InChI=1S/C9H9F3O2S/c10-9(11,12)14-8-4-2-1-3-7(8)13-5-6-15/h1-4,15H,5-6H2. The molecule has 0 unspecified atom stereocenters. The molecule has 0 radical (unpaired) electrons. The van der Waals surface area contributed by atoms with E-state index in [0.717, 1.165) is 0 Å². The number of ether oxygens (including phenoxy) is 2. The van der Waals surface area contributed by atoms with E-state index in [1.165, 1.54) is 18.2 Å². The second kappa shape index (κ2) is 5.16. The minimum absolute atomic E-state index is 0.0591. The highest BCUT2D eigenvalue weighted by Gasteiger charge is 2.32. The zero-order valence-electron chi connectivity index (χ0n) is 7.62. The van der Waals surface area contributed by atoms with Crippen molar-refractivity contribution in [3.8, 4) is 11.5 Å². The number of hydrogen-bond donors (Lipinski definition) is 1. The number of para-hydroxylation sites is 2. The van der Waals surface area contributed by atoms with Gasteiger partial charge in [-0.15, -0.1) is 13.2 Å². The third kappa shape index (κ3) is 4.33. The molecule has 1 aromatic rings. The Morgan fingerprint density at radius 3 is 2.27 bits per heavy atom. The number of alkyl halides is 3. The van der Waals surface area contributed by atoms with Gasteiger partial charge >= 0.3 is 6.36 Å². The maximum Gasteiger partial charge on any atom is 0.573 e. The van der Waals surface area contributed by atoms with Crippen molar-refractivity contribution < 1.29 is 22.6 Å². The third-order valence-electron chi connectivity index (χ3n) is 1.42. The van der Waals surface area contributed by atoms with Gasteiger partial charge in [-0.25, -0.2) is 0 Å². The first-order chi connectivity index (χ1) is 7.03. The summed E-state index contributed by atoms with van der Waals surface area (Å²) in [5.74, 6) is 0.135. The maximum atomic E-state index is 12.0. The van der Waals surface area contributed by atoms with E-state index >= 15 is 0 Å². The van der Waals surface area contributed by atoms with E-state index in [-0.39, 0.29) is 18.1 Å². The molecule has 0 amide bonds. The van der Waals surface area contributed by atoms with Crippen LogP contribution in [0.4, 0.5) is 13.2 Å². The van der Waals surface area contributed by atoms with Crippen LogP contribution in [0, 0.1) is 0 Å². The smallest absolute Gasteiger partial charge is 0.489 e. The molecule has 0 N–H and O–H groups in total. The van der Waals surface area contributed by atoms with Crippen LogP contribution in [0.3, 0.4) is 0 Å². The number of rotatable bonds is 4. The van der Waals surface area contributed by atoms with Gasteiger partial charge in [-0.3, -0.25) is 0 Å². The van der Waals surface area contributed by atoms with Gasteiger partial charge in [0.05, 0.1) is 6.61 Å². The molecule has 0 aromatic heterocycles. The van der Waals surface area contributed by atoms with Crippen molar-refractivity contribution in [2.24, 2.45) is 0 Å². The van der Waals surface area contributed by atoms with E-state index in [1.807, 2.05) is 0 Å². The summed E-state index contributed by atoms with van der Waals surface area (Å²) in [4.78, 5) is 0. The van der Waals surface area contributed by atoms with Gasteiger partial charge < -0.3 is 9.47 Å². The largest absolute Gasteiger partial charge is 0.573 e. The van der Waals surface area contributed by atoms with Crippen LogP contribution in [0.25, 0.3) is 0 Å². The van der Waals surface area contributed by atoms with Crippen molar-refractivity contribution >= 4 is 12.6 Å². The minimum atomic E-state index is -4.71. The molecule has 0 fully saturated rings. The van der Waals surface area contributed by atoms with Crippen molar-refractivity contribution in [1.29, 1.82) is 0 Å². The molecule has 15 heavy (non-hydrogen) atoms. The van der Waals surface area contributed by atoms with Crippen molar-refractivity contribution in [3.63, 3.8) is 0 Å². The summed E-state index contributed by atoms with van der Waals surface area (Å²) < 4.78 is 44.7. The van der Waals surface area contributed by atoms with Crippen molar-refractivity contribution in [2.45, 2.75) is 6.36 Å². The summed E-state index contributed by atoms with van der Waals surface area (Å²) in [6.07, 6.45) is -4.71. The summed E-state index contributed by atoms with van der Waals surface area (Å²) >= 11 is 3.88. The second-order valence-electron chi connectivity index (χ2n) is 2.57. The van der Waals surface area contributed by atoms with E-state index in [1.54, 1.807) is 6.07 Å². The first kappa shape index (κ1) is 12.0. The van der Waals surface area contributed by atoms with Gasteiger partial charge in [-0.1, -0.05) is 12.1 Å². The highest BCUT2D eigenvalue weighted by Crippen LogP contribution is 2.31. The van der Waals surface area contributed by atoms with Crippen LogP contribution in [0.5, 0.6) is 11.5 Å². The Bertz CT molecular complexity index is 314. The molecule has 0 bridgehead atoms. The van der Waals surface area contributed by atoms with Gasteiger partial charge in [-0.2, -0.15) is 12.6 Å². The predicted molar refractivity (Wildman–Crippen MR) is 52.5 cm³/mol. The Morgan fingerprint density at radius 2 is 1.73 bits per heavy atom. The van der Waals surface area contributed by atoms with Crippen LogP contribution in [0.15, 0.2) is 24.3 Å². The van der Waals surface area contributed by atoms with E-state index in [2.05, 4.69) is 17.4 Å². The fourth-order valence-electron chi connectivity index (χ4n) is 0.934. The summed E-state index contributed by atoms with van der Waals surface area (Å²) in [6, 6.07) is 5.61. The Balaban J connectivity index is 2.77. The maximum absolute atomic E-state index is 12.0. The van der Waals surface area contributed by atoms with E-state index in [4.69, 9.17) is 4.74 Å². The molecule has 1 rings (SSSR count). The molecule has 0 aliphatic rings. The Morgan fingerprint density at radius 1 is 1.13 bits per heavy atom. The van der Waals surface area contributed by atoms with Gasteiger partial charge in [-0.05, 0) is 12.1 Å². The summed E-state index contributed by atoms with van der Waals surface area (Å²) in [7, 11) is 0. The molecule has 6 heteroatoms. The van der Waals surface area contributed by atoms with Crippen LogP contribution in [-0.2, 0) is 0 Å². The fourth-order valence-corrected chi connectivity index (χ4v) is 1.03. The van der Waals surface area contributed by atoms with Crippen LogP contribution < -0.4 is 9.47 Å². The average molecular weight is 238 g/mol. The first-order valence-electron chi connectivity index (χ1n) is 4.11. The number of hydrogen-bond acceptors (Lipinski definition) is 3. The first-order valence-corrected chi connectivity index (χ1v) is 4.74. The number of halogens is 3. The van der Waals surface area contributed by atoms with Gasteiger partial charge in [0.15, 0.2) is 11.5 Å². The molecule has 0 aliphatic heterocycles. The van der Waals surface area contributed by atoms with E-state index in [9.17, 15) is 13.2 Å². The molecule has 84 valence electrons. The Hall–Kier alpha value is -1.04. The molecular weight excluding hydrogens is 229 g/mol. The predicted octanol–water partition coefficient (Wildman–Crippen LogP) is 2.89. The fraction of sp³-hybridized carbons (Fsp3) is 0.333. The third-order valence-corrected chi connectivity index (χ3v) is 1.61. The van der Waals surface area contributed by atoms with Crippen LogP contribution >= 0.6 is 12.6 Å². The lowest BCUT2D eigenvalue weighted by Crippen LogP contribution is -2.17. The Labute approximate surface area is 90.4 Å². The Kier molecular flexibility index (Phi) is 4.14. The lowest BCUT2D eigenvalue weighted by molar-refractivity contribution is -0.275. The monoisotopic (exact) mass is 238 g/mol. The van der Waals surface area contributed by atoms with Gasteiger partial charge in [0.25, 0.3) is 0 Å². The lowest BCUT2D eigenvalue weighted by atomic mass is 10.3. The molecule has 0 spiro atoms. The zero-order valence-corrected chi connectivity index (χ0v) is 8.52. The van der Waals surface area contributed by atoms with Crippen LogP contribution in [-0.4, -0.2) is 18.7 Å². The average Bonchev–Trinajstić information content (AvgIpc) is 2.14. The lowest BCUT2D eigenvalue weighted by Gasteiger charge is -2.13. The summed E-state index contributed by atoms with van der Waals surface area (Å²) in [6.45, 7) is 0.224. The van der Waals surface area contributed by atoms with Crippen LogP contribution in [0.2, 0.25) is 0 Å². The van der Waals surface area contributed by atoms with Gasteiger partial charge in [0, 0.05) is 5.75 Å². The SMILES string of the molecule is FC(F)(F)Oc1ccccc1OCCS. The molecule has 2 nitrogen and oxygen atoms in total. The molecule has 0 saturated heterocycles. The van der Waals surface area contributed by atoms with E-state index < -0.39 is 6.36 Å². The van der Waals surface area contributed by atoms with E-state index in [0.29, 0.717) is 5.75 Å². The molecule has 0 aliphatic carbocycles. The zero-order chi connectivity index (χ0) is 11.3. The second-order valence-corrected chi connectivity index (χ2v) is 3.01. The summed E-state index contributed by atoms with van der Waals surface area (Å²) in [5.41, 5.74) is 0. The van der Waals surface area contributed by atoms with Crippen molar-refractivity contribution in [3.05, 3.63) is 24.3 Å². The van der Waals surface area contributed by atoms with Crippen molar-refractivity contribution in [2.75, 3.05) is 12.4 Å². The molecule has 0 atom stereocenters. The molecule has 0 saturated carbocycles. The van der Waals surface area contributed by atoms with Crippen LogP contribution in [0.1, 0.15) is 0 Å². The minimum Gasteiger partial charge on any atom is -0.489 e. The number of benzene rings is 1. The van der Waals surface area contributed by atoms with Gasteiger partial charge in [0.2, 0.25) is 0 Å². The normalized spacial score (nSPS) is 11.2. The van der Waals surface area contributed by atoms with Crippen molar-refractivity contribution in [1.82, 2.24) is 0 Å². The van der Waals surface area contributed by atoms with Gasteiger partial charge in [0.1, 0.15) is 0 Å². The highest BCUT2D eigenvalue weighted by molar-refractivity contribution is 7.80. The topological polar surface area (TPSA) is 18.5 Å². The molecule has 1 aromatic carbocycles. The quantitative estimate of drug-likeness (QED) is 0.813. The molecule has 0 heterocycles. The molecular formula is C9H9F3O2S. The summed E-state index contributed by atoms with van der Waals surface area (Å²) in [5, 5.41) is 0.